The van der Waals surface area contributed by atoms with E-state index in [1.807, 2.05) is 24.3 Å². The minimum absolute atomic E-state index is 0.198. The molecule has 1 aromatic rings. The molecule has 2 saturated heterocycles. The van der Waals surface area contributed by atoms with Crippen molar-refractivity contribution in [2.24, 2.45) is 0 Å². The number of ether oxygens (including phenoxy) is 1. The summed E-state index contributed by atoms with van der Waals surface area (Å²) in [6.07, 6.45) is 5.83. The topological polar surface area (TPSA) is 61.9 Å². The van der Waals surface area contributed by atoms with Gasteiger partial charge in [-0.3, -0.25) is 9.59 Å². The van der Waals surface area contributed by atoms with E-state index in [0.717, 1.165) is 44.5 Å². The Bertz CT molecular complexity index is 629. The zero-order valence-electron chi connectivity index (χ0n) is 16.4. The fourth-order valence-electron chi connectivity index (χ4n) is 3.92. The first-order valence-electron chi connectivity index (χ1n) is 10.1. The number of anilines is 2. The van der Waals surface area contributed by atoms with Gasteiger partial charge in [0, 0.05) is 37.6 Å². The molecule has 27 heavy (non-hydrogen) atoms. The molecule has 0 aliphatic carbocycles. The van der Waals surface area contributed by atoms with Crippen molar-refractivity contribution in [1.82, 2.24) is 4.90 Å². The molecule has 1 aromatic carbocycles. The average Bonchev–Trinajstić information content (AvgIpc) is 2.60. The standard InChI is InChI=1S/C21H31N3O3/c1-16-14-24(15-17(2)27-16)19-10-8-18(9-11-19)22-20(25)21(26)23-12-6-4-3-5-7-13-23/h8-11,16-17H,3-7,12-15H2,1-2H3,(H,22,25)/t16-,17-/m0/s1. The Morgan fingerprint density at radius 3 is 2.07 bits per heavy atom. The van der Waals surface area contributed by atoms with Crippen LogP contribution in [-0.2, 0) is 14.3 Å². The summed E-state index contributed by atoms with van der Waals surface area (Å²) < 4.78 is 5.77. The number of nitrogens with one attached hydrogen (secondary N) is 1. The number of morpholine rings is 1. The quantitative estimate of drug-likeness (QED) is 0.810. The highest BCUT2D eigenvalue weighted by Crippen LogP contribution is 2.22. The van der Waals surface area contributed by atoms with Gasteiger partial charge in [0.2, 0.25) is 0 Å². The van der Waals surface area contributed by atoms with Crippen LogP contribution in [0.4, 0.5) is 11.4 Å². The number of hydrogen-bond donors (Lipinski definition) is 1. The van der Waals surface area contributed by atoms with Crippen LogP contribution in [0.2, 0.25) is 0 Å². The zero-order chi connectivity index (χ0) is 19.2. The SMILES string of the molecule is C[C@H]1CN(c2ccc(NC(=O)C(=O)N3CCCCCCC3)cc2)C[C@H](C)O1. The van der Waals surface area contributed by atoms with E-state index in [9.17, 15) is 9.59 Å². The summed E-state index contributed by atoms with van der Waals surface area (Å²) >= 11 is 0. The summed E-state index contributed by atoms with van der Waals surface area (Å²) in [4.78, 5) is 28.8. The number of amides is 2. The van der Waals surface area contributed by atoms with Crippen molar-refractivity contribution in [2.45, 2.75) is 58.2 Å². The van der Waals surface area contributed by atoms with Gasteiger partial charge < -0.3 is 19.9 Å². The van der Waals surface area contributed by atoms with Crippen molar-refractivity contribution >= 4 is 23.2 Å². The van der Waals surface area contributed by atoms with Crippen LogP contribution in [0.15, 0.2) is 24.3 Å². The minimum atomic E-state index is -0.544. The molecule has 2 heterocycles. The molecule has 3 rings (SSSR count). The third-order valence-electron chi connectivity index (χ3n) is 5.25. The molecule has 0 aromatic heterocycles. The second-order valence-corrected chi connectivity index (χ2v) is 7.72. The maximum atomic E-state index is 12.4. The molecule has 2 aliphatic heterocycles. The van der Waals surface area contributed by atoms with Crippen molar-refractivity contribution in [3.05, 3.63) is 24.3 Å². The van der Waals surface area contributed by atoms with E-state index in [4.69, 9.17) is 4.74 Å². The molecule has 2 atom stereocenters. The molecule has 1 N–H and O–H groups in total. The maximum Gasteiger partial charge on any atom is 0.313 e. The Balaban J connectivity index is 1.57. The van der Waals surface area contributed by atoms with Crippen LogP contribution in [0.3, 0.4) is 0 Å². The van der Waals surface area contributed by atoms with Gasteiger partial charge in [-0.25, -0.2) is 0 Å². The van der Waals surface area contributed by atoms with Crippen molar-refractivity contribution < 1.29 is 14.3 Å². The highest BCUT2D eigenvalue weighted by atomic mass is 16.5. The fraction of sp³-hybridized carbons (Fsp3) is 0.619. The lowest BCUT2D eigenvalue weighted by Crippen LogP contribution is -2.45. The third kappa shape index (κ3) is 5.45. The third-order valence-corrected chi connectivity index (χ3v) is 5.25. The van der Waals surface area contributed by atoms with E-state index in [0.29, 0.717) is 18.8 Å². The Morgan fingerprint density at radius 2 is 1.48 bits per heavy atom. The van der Waals surface area contributed by atoms with Gasteiger partial charge in [-0.15, -0.1) is 0 Å². The number of rotatable bonds is 2. The molecule has 2 amide bonds. The van der Waals surface area contributed by atoms with Crippen LogP contribution in [-0.4, -0.2) is 55.1 Å². The van der Waals surface area contributed by atoms with Crippen molar-refractivity contribution in [3.63, 3.8) is 0 Å². The smallest absolute Gasteiger partial charge is 0.313 e. The number of benzene rings is 1. The lowest BCUT2D eigenvalue weighted by Gasteiger charge is -2.36. The van der Waals surface area contributed by atoms with Crippen LogP contribution < -0.4 is 10.2 Å². The Hall–Kier alpha value is -2.08. The Morgan fingerprint density at radius 1 is 0.926 bits per heavy atom. The van der Waals surface area contributed by atoms with Gasteiger partial charge in [-0.2, -0.15) is 0 Å². The summed E-state index contributed by atoms with van der Waals surface area (Å²) in [5.41, 5.74) is 1.75. The summed E-state index contributed by atoms with van der Waals surface area (Å²) in [6, 6.07) is 7.69. The number of likely N-dealkylation sites (tertiary alicyclic amines) is 1. The molecule has 6 heteroatoms. The van der Waals surface area contributed by atoms with Gasteiger partial charge >= 0.3 is 11.8 Å². The summed E-state index contributed by atoms with van der Waals surface area (Å²) in [6.45, 7) is 7.21. The van der Waals surface area contributed by atoms with Gasteiger partial charge in [-0.05, 0) is 51.0 Å². The predicted molar refractivity (Wildman–Crippen MR) is 107 cm³/mol. The molecule has 0 spiro atoms. The monoisotopic (exact) mass is 373 g/mol. The number of carbonyl (C=O) groups is 2. The molecular formula is C21H31N3O3. The first-order valence-corrected chi connectivity index (χ1v) is 10.1. The van der Waals surface area contributed by atoms with Gasteiger partial charge in [0.05, 0.1) is 12.2 Å². The van der Waals surface area contributed by atoms with Gasteiger partial charge in [-0.1, -0.05) is 19.3 Å². The van der Waals surface area contributed by atoms with E-state index in [2.05, 4.69) is 24.1 Å². The molecule has 0 bridgehead atoms. The lowest BCUT2D eigenvalue weighted by molar-refractivity contribution is -0.143. The van der Waals surface area contributed by atoms with Gasteiger partial charge in [0.15, 0.2) is 0 Å². The molecule has 6 nitrogen and oxygen atoms in total. The van der Waals surface area contributed by atoms with Crippen molar-refractivity contribution in [3.8, 4) is 0 Å². The van der Waals surface area contributed by atoms with E-state index >= 15 is 0 Å². The molecule has 2 aliphatic rings. The number of carbonyl (C=O) groups excluding carboxylic acids is 2. The summed E-state index contributed by atoms with van der Waals surface area (Å²) in [5, 5.41) is 2.75. The summed E-state index contributed by atoms with van der Waals surface area (Å²) in [7, 11) is 0. The van der Waals surface area contributed by atoms with E-state index < -0.39 is 11.8 Å². The first-order chi connectivity index (χ1) is 13.0. The first kappa shape index (κ1) is 19.7. The largest absolute Gasteiger partial charge is 0.372 e. The molecular weight excluding hydrogens is 342 g/mol. The molecule has 148 valence electrons. The van der Waals surface area contributed by atoms with Crippen LogP contribution in [0, 0.1) is 0 Å². The van der Waals surface area contributed by atoms with Gasteiger partial charge in [0.25, 0.3) is 0 Å². The van der Waals surface area contributed by atoms with Crippen LogP contribution in [0.5, 0.6) is 0 Å². The molecule has 0 saturated carbocycles. The van der Waals surface area contributed by atoms with E-state index in [1.54, 1.807) is 4.90 Å². The maximum absolute atomic E-state index is 12.4. The second-order valence-electron chi connectivity index (χ2n) is 7.72. The highest BCUT2D eigenvalue weighted by Gasteiger charge is 2.24. The van der Waals surface area contributed by atoms with Crippen molar-refractivity contribution in [1.29, 1.82) is 0 Å². The summed E-state index contributed by atoms with van der Waals surface area (Å²) in [5.74, 6) is -0.964. The van der Waals surface area contributed by atoms with E-state index in [1.165, 1.54) is 6.42 Å². The normalized spacial score (nSPS) is 24.1. The van der Waals surface area contributed by atoms with Crippen LogP contribution in [0.25, 0.3) is 0 Å². The molecule has 0 radical (unpaired) electrons. The van der Waals surface area contributed by atoms with E-state index in [-0.39, 0.29) is 12.2 Å². The lowest BCUT2D eigenvalue weighted by atomic mass is 10.1. The van der Waals surface area contributed by atoms with Crippen LogP contribution >= 0.6 is 0 Å². The number of hydrogen-bond acceptors (Lipinski definition) is 4. The van der Waals surface area contributed by atoms with Crippen molar-refractivity contribution in [2.75, 3.05) is 36.4 Å². The van der Waals surface area contributed by atoms with Crippen LogP contribution in [0.1, 0.15) is 46.0 Å². The Labute approximate surface area is 161 Å². The molecule has 0 unspecified atom stereocenters. The zero-order valence-corrected chi connectivity index (χ0v) is 16.4. The minimum Gasteiger partial charge on any atom is -0.372 e. The average molecular weight is 373 g/mol. The number of nitrogens with zero attached hydrogens (tertiary/aromatic N) is 2. The van der Waals surface area contributed by atoms with Gasteiger partial charge in [0.1, 0.15) is 0 Å². The Kier molecular flexibility index (Phi) is 6.72. The fourth-order valence-corrected chi connectivity index (χ4v) is 3.92. The predicted octanol–water partition coefficient (Wildman–Crippen LogP) is 3.03. The molecule has 2 fully saturated rings. The highest BCUT2D eigenvalue weighted by molar-refractivity contribution is 6.39. The second kappa shape index (κ2) is 9.22.